The van der Waals surface area contributed by atoms with Gasteiger partial charge in [-0.3, -0.25) is 9.59 Å². The Morgan fingerprint density at radius 2 is 1.89 bits per heavy atom. The Morgan fingerprint density at radius 1 is 1.07 bits per heavy atom. The molecule has 0 N–H and O–H groups in total. The molecule has 7 nitrogen and oxygen atoms in total. The highest BCUT2D eigenvalue weighted by atomic mass is 32.1. The molecule has 1 unspecified atom stereocenters. The lowest BCUT2D eigenvalue weighted by molar-refractivity contribution is 0.0642. The maximum atomic E-state index is 13.2. The quantitative estimate of drug-likeness (QED) is 0.679. The number of aryl methyl sites for hydroxylation is 1. The summed E-state index contributed by atoms with van der Waals surface area (Å²) in [5.74, 6) is 0.811. The van der Waals surface area contributed by atoms with Crippen molar-refractivity contribution < 1.29 is 14.1 Å². The van der Waals surface area contributed by atoms with Crippen molar-refractivity contribution >= 4 is 23.2 Å². The SMILES string of the molecule is Cc1noc(C2CCN(C(=O)c3ccsc3)CCN2C(=O)c2ccccc2)n1. The lowest BCUT2D eigenvalue weighted by Crippen LogP contribution is -2.38. The van der Waals surface area contributed by atoms with Gasteiger partial charge in [0.05, 0.1) is 5.56 Å². The molecule has 1 aromatic carbocycles. The van der Waals surface area contributed by atoms with Crippen LogP contribution in [0.15, 0.2) is 51.7 Å². The van der Waals surface area contributed by atoms with Gasteiger partial charge in [0.25, 0.3) is 11.8 Å². The van der Waals surface area contributed by atoms with Crippen LogP contribution in [0, 0.1) is 6.92 Å². The molecule has 4 rings (SSSR count). The minimum atomic E-state index is -0.366. The van der Waals surface area contributed by atoms with E-state index in [4.69, 9.17) is 4.52 Å². The molecule has 1 aliphatic heterocycles. The van der Waals surface area contributed by atoms with E-state index in [0.29, 0.717) is 48.9 Å². The molecule has 1 fully saturated rings. The van der Waals surface area contributed by atoms with Gasteiger partial charge in [0.2, 0.25) is 5.89 Å². The Bertz CT molecular complexity index is 955. The van der Waals surface area contributed by atoms with E-state index in [2.05, 4.69) is 10.1 Å². The molecule has 2 aromatic heterocycles. The average Bonchev–Trinajstić information content (AvgIpc) is 3.35. The molecule has 3 aromatic rings. The van der Waals surface area contributed by atoms with Crippen LogP contribution in [0.25, 0.3) is 0 Å². The fourth-order valence-electron chi connectivity index (χ4n) is 3.40. The van der Waals surface area contributed by atoms with Crippen LogP contribution in [-0.4, -0.2) is 51.4 Å². The van der Waals surface area contributed by atoms with Crippen molar-refractivity contribution in [2.75, 3.05) is 19.6 Å². The summed E-state index contributed by atoms with van der Waals surface area (Å²) >= 11 is 1.49. The average molecular weight is 396 g/mol. The van der Waals surface area contributed by atoms with E-state index in [1.165, 1.54) is 11.3 Å². The number of carbonyl (C=O) groups is 2. The molecule has 8 heteroatoms. The zero-order valence-electron chi connectivity index (χ0n) is 15.4. The molecule has 28 heavy (non-hydrogen) atoms. The fourth-order valence-corrected chi connectivity index (χ4v) is 4.03. The molecule has 0 aliphatic carbocycles. The Labute approximate surface area is 166 Å². The zero-order valence-corrected chi connectivity index (χ0v) is 16.3. The predicted molar refractivity (Wildman–Crippen MR) is 104 cm³/mol. The number of hydrogen-bond acceptors (Lipinski definition) is 6. The summed E-state index contributed by atoms with van der Waals surface area (Å²) in [5, 5.41) is 7.62. The molecule has 0 spiro atoms. The number of carbonyl (C=O) groups excluding carboxylic acids is 2. The Balaban J connectivity index is 1.62. The van der Waals surface area contributed by atoms with Crippen molar-refractivity contribution in [3.8, 4) is 0 Å². The van der Waals surface area contributed by atoms with Crippen molar-refractivity contribution in [1.29, 1.82) is 0 Å². The van der Waals surface area contributed by atoms with Gasteiger partial charge in [0.1, 0.15) is 6.04 Å². The molecule has 2 amide bonds. The van der Waals surface area contributed by atoms with Gasteiger partial charge in [0, 0.05) is 30.6 Å². The minimum Gasteiger partial charge on any atom is -0.337 e. The van der Waals surface area contributed by atoms with Gasteiger partial charge in [-0.05, 0) is 36.9 Å². The van der Waals surface area contributed by atoms with Crippen LogP contribution in [0.3, 0.4) is 0 Å². The van der Waals surface area contributed by atoms with Crippen molar-refractivity contribution in [3.63, 3.8) is 0 Å². The normalized spacial score (nSPS) is 17.4. The number of nitrogens with zero attached hydrogens (tertiary/aromatic N) is 4. The van der Waals surface area contributed by atoms with Crippen LogP contribution in [0.4, 0.5) is 0 Å². The third kappa shape index (κ3) is 3.68. The molecule has 144 valence electrons. The minimum absolute atomic E-state index is 0.0179. The summed E-state index contributed by atoms with van der Waals surface area (Å²) in [6.07, 6.45) is 0.538. The van der Waals surface area contributed by atoms with Crippen LogP contribution in [-0.2, 0) is 0 Å². The van der Waals surface area contributed by atoms with E-state index in [9.17, 15) is 9.59 Å². The lowest BCUT2D eigenvalue weighted by Gasteiger charge is -2.27. The highest BCUT2D eigenvalue weighted by molar-refractivity contribution is 7.08. The van der Waals surface area contributed by atoms with Crippen LogP contribution in [0.1, 0.15) is 44.9 Å². The van der Waals surface area contributed by atoms with E-state index < -0.39 is 0 Å². The van der Waals surface area contributed by atoms with Gasteiger partial charge in [-0.2, -0.15) is 16.3 Å². The standard InChI is InChI=1S/C20H20N4O3S/c1-14-21-18(27-22-14)17-7-9-23(19(25)16-8-12-28-13-16)10-11-24(17)20(26)15-5-3-2-4-6-15/h2-6,8,12-13,17H,7,9-11H2,1H3. The monoisotopic (exact) mass is 396 g/mol. The summed E-state index contributed by atoms with van der Waals surface area (Å²) in [6.45, 7) is 3.12. The van der Waals surface area contributed by atoms with E-state index in [1.807, 2.05) is 35.0 Å². The summed E-state index contributed by atoms with van der Waals surface area (Å²) in [5.41, 5.74) is 1.28. The molecular formula is C20H20N4O3S. The van der Waals surface area contributed by atoms with Gasteiger partial charge >= 0.3 is 0 Å². The van der Waals surface area contributed by atoms with Crippen molar-refractivity contribution in [2.24, 2.45) is 0 Å². The van der Waals surface area contributed by atoms with Gasteiger partial charge < -0.3 is 14.3 Å². The number of rotatable bonds is 3. The van der Waals surface area contributed by atoms with Crippen LogP contribution in [0.5, 0.6) is 0 Å². The first kappa shape index (κ1) is 18.4. The molecule has 1 atom stereocenters. The van der Waals surface area contributed by atoms with Gasteiger partial charge in [-0.15, -0.1) is 0 Å². The molecule has 1 aliphatic rings. The van der Waals surface area contributed by atoms with E-state index in [1.54, 1.807) is 28.9 Å². The summed E-state index contributed by atoms with van der Waals surface area (Å²) < 4.78 is 5.39. The molecule has 0 bridgehead atoms. The predicted octanol–water partition coefficient (Wildman–Crippen LogP) is 3.17. The van der Waals surface area contributed by atoms with Gasteiger partial charge in [0.15, 0.2) is 5.82 Å². The van der Waals surface area contributed by atoms with Crippen molar-refractivity contribution in [3.05, 3.63) is 70.0 Å². The van der Waals surface area contributed by atoms with Crippen molar-refractivity contribution in [1.82, 2.24) is 19.9 Å². The second-order valence-corrected chi connectivity index (χ2v) is 7.43. The summed E-state index contributed by atoms with van der Waals surface area (Å²) in [7, 11) is 0. The second kappa shape index (κ2) is 7.93. The van der Waals surface area contributed by atoms with Gasteiger partial charge in [-0.1, -0.05) is 23.4 Å². The van der Waals surface area contributed by atoms with Crippen molar-refractivity contribution in [2.45, 2.75) is 19.4 Å². The number of benzene rings is 1. The van der Waals surface area contributed by atoms with Crippen LogP contribution >= 0.6 is 11.3 Å². The Kier molecular flexibility index (Phi) is 5.21. The number of hydrogen-bond donors (Lipinski definition) is 0. The topological polar surface area (TPSA) is 79.5 Å². The maximum absolute atomic E-state index is 13.2. The highest BCUT2D eigenvalue weighted by Crippen LogP contribution is 2.28. The fraction of sp³-hybridized carbons (Fsp3) is 0.300. The third-order valence-electron chi connectivity index (χ3n) is 4.82. The molecule has 0 saturated carbocycles. The lowest BCUT2D eigenvalue weighted by atomic mass is 10.1. The molecular weight excluding hydrogens is 376 g/mol. The smallest absolute Gasteiger partial charge is 0.254 e. The Hall–Kier alpha value is -3.00. The van der Waals surface area contributed by atoms with E-state index in [0.717, 1.165) is 0 Å². The number of thiophene rings is 1. The van der Waals surface area contributed by atoms with Crippen LogP contribution < -0.4 is 0 Å². The van der Waals surface area contributed by atoms with Crippen LogP contribution in [0.2, 0.25) is 0 Å². The third-order valence-corrected chi connectivity index (χ3v) is 5.51. The molecule has 3 heterocycles. The zero-order chi connectivity index (χ0) is 19.5. The second-order valence-electron chi connectivity index (χ2n) is 6.65. The summed E-state index contributed by atoms with van der Waals surface area (Å²) in [6, 6.07) is 10.6. The first-order valence-electron chi connectivity index (χ1n) is 9.11. The largest absolute Gasteiger partial charge is 0.337 e. The van der Waals surface area contributed by atoms with E-state index >= 15 is 0 Å². The molecule has 1 saturated heterocycles. The summed E-state index contributed by atoms with van der Waals surface area (Å²) in [4.78, 5) is 33.8. The highest BCUT2D eigenvalue weighted by Gasteiger charge is 2.34. The maximum Gasteiger partial charge on any atom is 0.254 e. The molecule has 0 radical (unpaired) electrons. The first-order valence-corrected chi connectivity index (χ1v) is 10.1. The number of amides is 2. The Morgan fingerprint density at radius 3 is 2.57 bits per heavy atom. The van der Waals surface area contributed by atoms with Gasteiger partial charge in [-0.25, -0.2) is 0 Å². The first-order chi connectivity index (χ1) is 13.6. The van der Waals surface area contributed by atoms with E-state index in [-0.39, 0.29) is 17.9 Å². The number of aromatic nitrogens is 2.